The van der Waals surface area contributed by atoms with Gasteiger partial charge in [-0.15, -0.1) is 0 Å². The minimum Gasteiger partial charge on any atom is -0.467 e. The first-order chi connectivity index (χ1) is 7.35. The second-order valence-corrected chi connectivity index (χ2v) is 3.52. The van der Waals surface area contributed by atoms with Crippen LogP contribution in [0.3, 0.4) is 0 Å². The first-order valence-corrected chi connectivity index (χ1v) is 5.21. The molecule has 2 N–H and O–H groups in total. The number of benzene rings is 1. The van der Waals surface area contributed by atoms with E-state index in [2.05, 4.69) is 31.2 Å². The van der Waals surface area contributed by atoms with Crippen LogP contribution < -0.4 is 5.73 Å². The number of aryl methyl sites for hydroxylation is 1. The van der Waals surface area contributed by atoms with E-state index in [0.29, 0.717) is 6.54 Å². The van der Waals surface area contributed by atoms with Crippen LogP contribution in [0.25, 0.3) is 11.1 Å². The van der Waals surface area contributed by atoms with E-state index in [4.69, 9.17) is 10.2 Å². The zero-order valence-electron chi connectivity index (χ0n) is 8.86. The molecule has 0 aliphatic rings. The van der Waals surface area contributed by atoms with Gasteiger partial charge in [-0.1, -0.05) is 31.2 Å². The largest absolute Gasteiger partial charge is 0.467 e. The van der Waals surface area contributed by atoms with E-state index in [1.54, 1.807) is 6.26 Å². The third-order valence-corrected chi connectivity index (χ3v) is 2.58. The molecular weight excluding hydrogens is 186 g/mol. The number of rotatable bonds is 3. The first-order valence-electron chi connectivity index (χ1n) is 5.21. The molecule has 0 amide bonds. The van der Waals surface area contributed by atoms with Gasteiger partial charge in [0, 0.05) is 5.56 Å². The summed E-state index contributed by atoms with van der Waals surface area (Å²) < 4.78 is 5.32. The summed E-state index contributed by atoms with van der Waals surface area (Å²) in [5.74, 6) is 0.850. The van der Waals surface area contributed by atoms with E-state index in [-0.39, 0.29) is 0 Å². The van der Waals surface area contributed by atoms with Gasteiger partial charge in [0.15, 0.2) is 0 Å². The Morgan fingerprint density at radius 2 is 2.13 bits per heavy atom. The molecule has 0 saturated heterocycles. The van der Waals surface area contributed by atoms with Crippen molar-refractivity contribution >= 4 is 0 Å². The summed E-state index contributed by atoms with van der Waals surface area (Å²) in [5.41, 5.74) is 9.23. The van der Waals surface area contributed by atoms with Crippen LogP contribution in [0.2, 0.25) is 0 Å². The maximum atomic E-state index is 5.61. The fraction of sp³-hybridized carbons (Fsp3) is 0.231. The molecule has 15 heavy (non-hydrogen) atoms. The van der Waals surface area contributed by atoms with E-state index < -0.39 is 0 Å². The Kier molecular flexibility index (Phi) is 2.88. The van der Waals surface area contributed by atoms with Crippen molar-refractivity contribution in [2.75, 3.05) is 0 Å². The summed E-state index contributed by atoms with van der Waals surface area (Å²) in [6.45, 7) is 2.59. The summed E-state index contributed by atoms with van der Waals surface area (Å²) in [6, 6.07) is 10.4. The Bertz CT molecular complexity index is 445. The SMILES string of the molecule is CCc1cccc(-c2ccoc2CN)c1. The number of hydrogen-bond acceptors (Lipinski definition) is 2. The molecule has 2 nitrogen and oxygen atoms in total. The molecule has 0 fully saturated rings. The van der Waals surface area contributed by atoms with E-state index in [9.17, 15) is 0 Å². The van der Waals surface area contributed by atoms with Gasteiger partial charge in [-0.25, -0.2) is 0 Å². The minimum atomic E-state index is 0.443. The van der Waals surface area contributed by atoms with Gasteiger partial charge >= 0.3 is 0 Å². The molecule has 78 valence electrons. The third-order valence-electron chi connectivity index (χ3n) is 2.58. The monoisotopic (exact) mass is 201 g/mol. The highest BCUT2D eigenvalue weighted by molar-refractivity contribution is 5.66. The Balaban J connectivity index is 2.44. The van der Waals surface area contributed by atoms with Crippen LogP contribution in [0.4, 0.5) is 0 Å². The lowest BCUT2D eigenvalue weighted by Crippen LogP contribution is -1.96. The Labute approximate surface area is 89.7 Å². The van der Waals surface area contributed by atoms with E-state index in [1.807, 2.05) is 6.07 Å². The van der Waals surface area contributed by atoms with Crippen LogP contribution in [-0.4, -0.2) is 0 Å². The van der Waals surface area contributed by atoms with Gasteiger partial charge in [-0.3, -0.25) is 0 Å². The summed E-state index contributed by atoms with van der Waals surface area (Å²) in [5, 5.41) is 0. The minimum absolute atomic E-state index is 0.443. The normalized spacial score (nSPS) is 10.5. The molecule has 0 spiro atoms. The van der Waals surface area contributed by atoms with Crippen LogP contribution >= 0.6 is 0 Å². The molecule has 1 aromatic carbocycles. The molecular formula is C13H15NO. The average Bonchev–Trinajstić information content (AvgIpc) is 2.77. The molecule has 2 heteroatoms. The highest BCUT2D eigenvalue weighted by atomic mass is 16.3. The lowest BCUT2D eigenvalue weighted by atomic mass is 10.0. The molecule has 2 rings (SSSR count). The van der Waals surface area contributed by atoms with Crippen molar-refractivity contribution in [1.29, 1.82) is 0 Å². The third kappa shape index (κ3) is 1.95. The quantitative estimate of drug-likeness (QED) is 0.829. The van der Waals surface area contributed by atoms with E-state index in [0.717, 1.165) is 17.7 Å². The van der Waals surface area contributed by atoms with E-state index >= 15 is 0 Å². The second-order valence-electron chi connectivity index (χ2n) is 3.52. The van der Waals surface area contributed by atoms with Crippen LogP contribution in [0, 0.1) is 0 Å². The van der Waals surface area contributed by atoms with Gasteiger partial charge < -0.3 is 10.2 Å². The van der Waals surface area contributed by atoms with Gasteiger partial charge in [0.05, 0.1) is 12.8 Å². The van der Waals surface area contributed by atoms with Gasteiger partial charge in [-0.05, 0) is 23.6 Å². The van der Waals surface area contributed by atoms with Gasteiger partial charge in [0.25, 0.3) is 0 Å². The lowest BCUT2D eigenvalue weighted by Gasteiger charge is -2.03. The predicted octanol–water partition coefficient (Wildman–Crippen LogP) is 2.97. The zero-order valence-corrected chi connectivity index (χ0v) is 8.86. The van der Waals surface area contributed by atoms with Gasteiger partial charge in [0.2, 0.25) is 0 Å². The topological polar surface area (TPSA) is 39.2 Å². The highest BCUT2D eigenvalue weighted by Crippen LogP contribution is 2.25. The predicted molar refractivity (Wildman–Crippen MR) is 61.4 cm³/mol. The Morgan fingerprint density at radius 1 is 1.27 bits per heavy atom. The van der Waals surface area contributed by atoms with E-state index in [1.165, 1.54) is 11.1 Å². The number of furan rings is 1. The lowest BCUT2D eigenvalue weighted by molar-refractivity contribution is 0.513. The molecule has 0 saturated carbocycles. The maximum Gasteiger partial charge on any atom is 0.125 e. The summed E-state index contributed by atoms with van der Waals surface area (Å²) in [7, 11) is 0. The molecule has 0 atom stereocenters. The van der Waals surface area contributed by atoms with Crippen molar-refractivity contribution in [3.63, 3.8) is 0 Å². The Hall–Kier alpha value is -1.54. The average molecular weight is 201 g/mol. The number of hydrogen-bond donors (Lipinski definition) is 1. The smallest absolute Gasteiger partial charge is 0.125 e. The van der Waals surface area contributed by atoms with Crippen LogP contribution in [0.1, 0.15) is 18.2 Å². The Morgan fingerprint density at radius 3 is 2.87 bits per heavy atom. The first kappa shape index (κ1) is 9.99. The molecule has 0 bridgehead atoms. The van der Waals surface area contributed by atoms with Crippen LogP contribution in [0.5, 0.6) is 0 Å². The van der Waals surface area contributed by atoms with Crippen molar-refractivity contribution < 1.29 is 4.42 Å². The molecule has 1 heterocycles. The summed E-state index contributed by atoms with van der Waals surface area (Å²) in [6.07, 6.45) is 2.74. The molecule has 0 radical (unpaired) electrons. The van der Waals surface area contributed by atoms with Crippen LogP contribution in [-0.2, 0) is 13.0 Å². The number of nitrogens with two attached hydrogens (primary N) is 1. The van der Waals surface area contributed by atoms with Crippen LogP contribution in [0.15, 0.2) is 41.0 Å². The van der Waals surface area contributed by atoms with Crippen molar-refractivity contribution in [1.82, 2.24) is 0 Å². The molecule has 0 aliphatic carbocycles. The highest BCUT2D eigenvalue weighted by Gasteiger charge is 2.06. The maximum absolute atomic E-state index is 5.61. The zero-order chi connectivity index (χ0) is 10.7. The van der Waals surface area contributed by atoms with Gasteiger partial charge in [0.1, 0.15) is 5.76 Å². The summed E-state index contributed by atoms with van der Waals surface area (Å²) >= 11 is 0. The summed E-state index contributed by atoms with van der Waals surface area (Å²) in [4.78, 5) is 0. The molecule has 1 aromatic heterocycles. The fourth-order valence-electron chi connectivity index (χ4n) is 1.71. The van der Waals surface area contributed by atoms with Gasteiger partial charge in [-0.2, -0.15) is 0 Å². The second kappa shape index (κ2) is 4.32. The van der Waals surface area contributed by atoms with Crippen molar-refractivity contribution in [3.8, 4) is 11.1 Å². The molecule has 0 unspecified atom stereocenters. The van der Waals surface area contributed by atoms with Crippen molar-refractivity contribution in [3.05, 3.63) is 47.9 Å². The molecule has 0 aliphatic heterocycles. The van der Waals surface area contributed by atoms with Crippen molar-refractivity contribution in [2.24, 2.45) is 5.73 Å². The van der Waals surface area contributed by atoms with Crippen molar-refractivity contribution in [2.45, 2.75) is 19.9 Å². The standard InChI is InChI=1S/C13H15NO/c1-2-10-4-3-5-11(8-10)12-6-7-15-13(12)9-14/h3-8H,2,9,14H2,1H3. The molecule has 2 aromatic rings. The fourth-order valence-corrected chi connectivity index (χ4v) is 1.71.